The van der Waals surface area contributed by atoms with Gasteiger partial charge in [0.05, 0.1) is 26.9 Å². The second kappa shape index (κ2) is 8.30. The van der Waals surface area contributed by atoms with E-state index in [9.17, 15) is 0 Å². The van der Waals surface area contributed by atoms with Crippen molar-refractivity contribution in [3.05, 3.63) is 28.0 Å². The second-order valence-electron chi connectivity index (χ2n) is 6.44. The molecule has 0 radical (unpaired) electrons. The normalized spacial score (nSPS) is 15.4. The van der Waals surface area contributed by atoms with Crippen molar-refractivity contribution in [2.45, 2.75) is 6.92 Å². The van der Waals surface area contributed by atoms with Gasteiger partial charge in [-0.2, -0.15) is 15.0 Å². The number of aromatic nitrogens is 4. The Labute approximate surface area is 176 Å². The molecule has 0 bridgehead atoms. The Morgan fingerprint density at radius 1 is 1.07 bits per heavy atom. The van der Waals surface area contributed by atoms with Crippen molar-refractivity contribution in [3.63, 3.8) is 0 Å². The van der Waals surface area contributed by atoms with Gasteiger partial charge in [-0.25, -0.2) is 4.98 Å². The molecule has 11 heteroatoms. The lowest BCUT2D eigenvalue weighted by Gasteiger charge is -2.34. The fraction of sp³-hybridized carbons (Fsp3) is 0.412. The topological polar surface area (TPSA) is 90.3 Å². The maximum absolute atomic E-state index is 9.08. The Kier molecular flexibility index (Phi) is 5.79. The van der Waals surface area contributed by atoms with Gasteiger partial charge in [0.25, 0.3) is 0 Å². The summed E-state index contributed by atoms with van der Waals surface area (Å²) in [6.45, 7) is 6.07. The van der Waals surface area contributed by atoms with Gasteiger partial charge < -0.3 is 10.0 Å². The van der Waals surface area contributed by atoms with Crippen LogP contribution in [-0.4, -0.2) is 69.3 Å². The van der Waals surface area contributed by atoms with Crippen molar-refractivity contribution in [1.82, 2.24) is 24.8 Å². The predicted molar refractivity (Wildman–Crippen MR) is 113 cm³/mol. The fourth-order valence-corrected chi connectivity index (χ4v) is 4.32. The van der Waals surface area contributed by atoms with Gasteiger partial charge in [-0.1, -0.05) is 34.5 Å². The van der Waals surface area contributed by atoms with E-state index in [-0.39, 0.29) is 6.61 Å². The molecule has 3 aromatic rings. The number of nitrogens with one attached hydrogen (secondary N) is 1. The molecule has 1 aromatic carbocycles. The molecule has 2 aromatic heterocycles. The first-order valence-electron chi connectivity index (χ1n) is 8.85. The average Bonchev–Trinajstić information content (AvgIpc) is 3.03. The van der Waals surface area contributed by atoms with Crippen molar-refractivity contribution in [2.75, 3.05) is 49.5 Å². The molecular weight excluding hydrogens is 421 g/mol. The number of halogens is 2. The van der Waals surface area contributed by atoms with Gasteiger partial charge in [-0.15, -0.1) is 0 Å². The van der Waals surface area contributed by atoms with Crippen molar-refractivity contribution < 1.29 is 5.11 Å². The lowest BCUT2D eigenvalue weighted by molar-refractivity contribution is 0.188. The Morgan fingerprint density at radius 2 is 1.82 bits per heavy atom. The van der Waals surface area contributed by atoms with Crippen LogP contribution in [0.2, 0.25) is 10.0 Å². The minimum absolute atomic E-state index is 0.178. The molecule has 1 aliphatic rings. The number of aliphatic hydroxyl groups excluding tert-OH is 1. The number of β-amino-alcohol motifs (C(OH)–C–C–N with tert-alkyl or cyclic N) is 1. The van der Waals surface area contributed by atoms with E-state index in [0.29, 0.717) is 39.4 Å². The number of benzene rings is 1. The van der Waals surface area contributed by atoms with Crippen molar-refractivity contribution >= 4 is 61.8 Å². The van der Waals surface area contributed by atoms with Gasteiger partial charge in [0.15, 0.2) is 5.13 Å². The fourth-order valence-electron chi connectivity index (χ4n) is 3.05. The first kappa shape index (κ1) is 19.5. The first-order valence-corrected chi connectivity index (χ1v) is 10.4. The lowest BCUT2D eigenvalue weighted by atomic mass is 10.3. The molecule has 8 nitrogen and oxygen atoms in total. The number of rotatable bonds is 5. The van der Waals surface area contributed by atoms with E-state index in [1.165, 1.54) is 11.3 Å². The molecule has 0 amide bonds. The summed E-state index contributed by atoms with van der Waals surface area (Å²) in [5, 5.41) is 13.9. The summed E-state index contributed by atoms with van der Waals surface area (Å²) in [5.41, 5.74) is 0.771. The Morgan fingerprint density at radius 3 is 2.57 bits per heavy atom. The smallest absolute Gasteiger partial charge is 0.234 e. The van der Waals surface area contributed by atoms with Crippen molar-refractivity contribution in [1.29, 1.82) is 0 Å². The molecule has 28 heavy (non-hydrogen) atoms. The molecule has 1 aliphatic heterocycles. The number of piperazine rings is 1. The molecule has 3 heterocycles. The van der Waals surface area contributed by atoms with Crippen LogP contribution in [0.25, 0.3) is 10.2 Å². The Bertz CT molecular complexity index is 952. The number of aliphatic hydroxyl groups is 1. The Hall–Kier alpha value is -1.78. The van der Waals surface area contributed by atoms with Crippen molar-refractivity contribution in [2.24, 2.45) is 0 Å². The number of thiazole rings is 1. The summed E-state index contributed by atoms with van der Waals surface area (Å²) in [6.07, 6.45) is 0. The number of fused-ring (bicyclic) bond motifs is 1. The van der Waals surface area contributed by atoms with Crippen LogP contribution in [0.1, 0.15) is 5.82 Å². The van der Waals surface area contributed by atoms with Crippen molar-refractivity contribution in [3.8, 4) is 0 Å². The standard InChI is InChI=1S/C17H19Cl2N7OS/c1-10-20-15(23-16(21-10)26-4-2-25(3-5-26)6-7-27)24-17-22-13-8-11(18)12(19)9-14(13)28-17/h8-9,27H,2-7H2,1H3,(H,20,21,22,23,24). The number of aryl methyl sites for hydroxylation is 1. The number of nitrogens with zero attached hydrogens (tertiary/aromatic N) is 6. The summed E-state index contributed by atoms with van der Waals surface area (Å²) in [6, 6.07) is 3.55. The van der Waals surface area contributed by atoms with Crippen LogP contribution in [0.5, 0.6) is 0 Å². The summed E-state index contributed by atoms with van der Waals surface area (Å²) in [4.78, 5) is 22.3. The highest BCUT2D eigenvalue weighted by molar-refractivity contribution is 7.22. The van der Waals surface area contributed by atoms with Crippen LogP contribution >= 0.6 is 34.5 Å². The van der Waals surface area contributed by atoms with E-state index < -0.39 is 0 Å². The zero-order valence-electron chi connectivity index (χ0n) is 15.2. The monoisotopic (exact) mass is 439 g/mol. The van der Waals surface area contributed by atoms with Gasteiger partial charge in [0.1, 0.15) is 5.82 Å². The minimum atomic E-state index is 0.178. The SMILES string of the molecule is Cc1nc(Nc2nc3cc(Cl)c(Cl)cc3s2)nc(N2CCN(CCO)CC2)n1. The molecule has 0 atom stereocenters. The van der Waals surface area contributed by atoms with Crippen LogP contribution in [0.3, 0.4) is 0 Å². The molecule has 0 spiro atoms. The first-order chi connectivity index (χ1) is 13.5. The van der Waals surface area contributed by atoms with Crippen LogP contribution in [0.15, 0.2) is 12.1 Å². The Balaban J connectivity index is 1.53. The average molecular weight is 440 g/mol. The van der Waals surface area contributed by atoms with Gasteiger partial charge in [0.2, 0.25) is 11.9 Å². The largest absolute Gasteiger partial charge is 0.395 e. The zero-order chi connectivity index (χ0) is 19.7. The highest BCUT2D eigenvalue weighted by atomic mass is 35.5. The van der Waals surface area contributed by atoms with E-state index in [2.05, 4.69) is 35.1 Å². The number of hydrogen-bond donors (Lipinski definition) is 2. The van der Waals surface area contributed by atoms with E-state index in [4.69, 9.17) is 28.3 Å². The van der Waals surface area contributed by atoms with E-state index in [1.54, 1.807) is 12.1 Å². The predicted octanol–water partition coefficient (Wildman–Crippen LogP) is 2.95. The van der Waals surface area contributed by atoms with Gasteiger partial charge in [0, 0.05) is 32.7 Å². The quantitative estimate of drug-likeness (QED) is 0.626. The third kappa shape index (κ3) is 4.28. The molecule has 1 fully saturated rings. The lowest BCUT2D eigenvalue weighted by Crippen LogP contribution is -2.47. The second-order valence-corrected chi connectivity index (χ2v) is 8.28. The molecule has 0 unspecified atom stereocenters. The summed E-state index contributed by atoms with van der Waals surface area (Å²) >= 11 is 13.6. The number of hydrogen-bond acceptors (Lipinski definition) is 9. The third-order valence-electron chi connectivity index (χ3n) is 4.46. The van der Waals surface area contributed by atoms with Gasteiger partial charge in [-0.3, -0.25) is 10.2 Å². The summed E-state index contributed by atoms with van der Waals surface area (Å²) < 4.78 is 0.933. The van der Waals surface area contributed by atoms with Crippen LogP contribution < -0.4 is 10.2 Å². The summed E-state index contributed by atoms with van der Waals surface area (Å²) in [7, 11) is 0. The maximum atomic E-state index is 9.08. The van der Waals surface area contributed by atoms with Crippen LogP contribution in [0.4, 0.5) is 17.0 Å². The van der Waals surface area contributed by atoms with Gasteiger partial charge in [-0.05, 0) is 19.1 Å². The third-order valence-corrected chi connectivity index (χ3v) is 6.11. The van der Waals surface area contributed by atoms with E-state index in [1.807, 2.05) is 6.92 Å². The molecule has 1 saturated heterocycles. The zero-order valence-corrected chi connectivity index (χ0v) is 17.5. The van der Waals surface area contributed by atoms with E-state index >= 15 is 0 Å². The molecular formula is C17H19Cl2N7OS. The highest BCUT2D eigenvalue weighted by Crippen LogP contribution is 2.33. The highest BCUT2D eigenvalue weighted by Gasteiger charge is 2.20. The molecule has 148 valence electrons. The van der Waals surface area contributed by atoms with Crippen LogP contribution in [0, 0.1) is 6.92 Å². The summed E-state index contributed by atoms with van der Waals surface area (Å²) in [5.74, 6) is 1.74. The van der Waals surface area contributed by atoms with Crippen LogP contribution in [-0.2, 0) is 0 Å². The molecule has 0 saturated carbocycles. The van der Waals surface area contributed by atoms with E-state index in [0.717, 1.165) is 36.4 Å². The number of anilines is 3. The minimum Gasteiger partial charge on any atom is -0.395 e. The molecule has 0 aliphatic carbocycles. The molecule has 2 N–H and O–H groups in total. The van der Waals surface area contributed by atoms with Gasteiger partial charge >= 0.3 is 0 Å². The maximum Gasteiger partial charge on any atom is 0.234 e. The molecule has 4 rings (SSSR count).